The molecule has 0 unspecified atom stereocenters. The highest BCUT2D eigenvalue weighted by Gasteiger charge is 2.31. The maximum Gasteiger partial charge on any atom is 0.416 e. The second-order valence-corrected chi connectivity index (χ2v) is 4.45. The monoisotopic (exact) mass is 272 g/mol. The number of nitrogens with one attached hydrogen (secondary N) is 1. The average Bonchev–Trinajstić information content (AvgIpc) is 2.81. The first-order chi connectivity index (χ1) is 8.50. The van der Waals surface area contributed by atoms with Crippen LogP contribution in [-0.4, -0.2) is 11.5 Å². The average molecular weight is 272 g/mol. The Labute approximate surface area is 106 Å². The lowest BCUT2D eigenvalue weighted by molar-refractivity contribution is -0.137. The fourth-order valence-corrected chi connectivity index (χ4v) is 2.17. The van der Waals surface area contributed by atoms with Gasteiger partial charge in [0.05, 0.1) is 11.3 Å². The van der Waals surface area contributed by atoms with Crippen molar-refractivity contribution in [3.8, 4) is 11.3 Å². The van der Waals surface area contributed by atoms with E-state index >= 15 is 0 Å². The zero-order valence-corrected chi connectivity index (χ0v) is 10.4. The molecule has 0 saturated heterocycles. The summed E-state index contributed by atoms with van der Waals surface area (Å²) in [7, 11) is 0. The molecular formula is C12H11F3N2S. The number of hydrogen-bond donors (Lipinski definition) is 1. The second-order valence-electron chi connectivity index (χ2n) is 3.67. The van der Waals surface area contributed by atoms with Gasteiger partial charge < -0.3 is 5.32 Å². The molecule has 0 aliphatic rings. The number of pyridine rings is 1. The summed E-state index contributed by atoms with van der Waals surface area (Å²) in [5.74, 6) is 0.244. The van der Waals surface area contributed by atoms with Crippen LogP contribution < -0.4 is 5.32 Å². The summed E-state index contributed by atoms with van der Waals surface area (Å²) in [6, 6.07) is 3.85. The zero-order valence-electron chi connectivity index (χ0n) is 9.58. The third-order valence-electron chi connectivity index (χ3n) is 2.33. The Morgan fingerprint density at radius 2 is 2.11 bits per heavy atom. The third kappa shape index (κ3) is 2.81. The first kappa shape index (κ1) is 12.9. The van der Waals surface area contributed by atoms with Crippen molar-refractivity contribution >= 4 is 17.2 Å². The molecular weight excluding hydrogens is 261 g/mol. The SMILES string of the molecule is CCNc1cc(C(F)(F)F)cc(-c2ccsc2)n1. The van der Waals surface area contributed by atoms with Crippen molar-refractivity contribution < 1.29 is 13.2 Å². The molecule has 6 heteroatoms. The fraction of sp³-hybridized carbons (Fsp3) is 0.250. The van der Waals surface area contributed by atoms with E-state index in [4.69, 9.17) is 0 Å². The lowest BCUT2D eigenvalue weighted by atomic mass is 10.1. The molecule has 0 aliphatic carbocycles. The second kappa shape index (κ2) is 4.97. The van der Waals surface area contributed by atoms with E-state index in [0.29, 0.717) is 17.8 Å². The first-order valence-electron chi connectivity index (χ1n) is 5.36. The standard InChI is InChI=1S/C12H11F3N2S/c1-2-16-11-6-9(12(13,14)15)5-10(17-11)8-3-4-18-7-8/h3-7H,2H2,1H3,(H,16,17). The van der Waals surface area contributed by atoms with E-state index in [-0.39, 0.29) is 5.82 Å². The predicted octanol–water partition coefficient (Wildman–Crippen LogP) is 4.26. The van der Waals surface area contributed by atoms with Gasteiger partial charge in [0, 0.05) is 17.5 Å². The van der Waals surface area contributed by atoms with Gasteiger partial charge in [0.15, 0.2) is 0 Å². The van der Waals surface area contributed by atoms with Gasteiger partial charge in [-0.25, -0.2) is 4.98 Å². The van der Waals surface area contributed by atoms with Gasteiger partial charge in [-0.3, -0.25) is 0 Å². The van der Waals surface area contributed by atoms with E-state index in [0.717, 1.165) is 12.1 Å². The Morgan fingerprint density at radius 3 is 2.67 bits per heavy atom. The van der Waals surface area contributed by atoms with Crippen molar-refractivity contribution in [3.05, 3.63) is 34.5 Å². The van der Waals surface area contributed by atoms with Crippen LogP contribution in [0.5, 0.6) is 0 Å². The van der Waals surface area contributed by atoms with Crippen molar-refractivity contribution in [1.29, 1.82) is 0 Å². The van der Waals surface area contributed by atoms with Gasteiger partial charge in [-0.2, -0.15) is 24.5 Å². The smallest absolute Gasteiger partial charge is 0.370 e. The Kier molecular flexibility index (Phi) is 3.56. The van der Waals surface area contributed by atoms with Crippen molar-refractivity contribution in [3.63, 3.8) is 0 Å². The number of rotatable bonds is 3. The summed E-state index contributed by atoms with van der Waals surface area (Å²) in [6.45, 7) is 2.34. The Balaban J connectivity index is 2.50. The van der Waals surface area contributed by atoms with Crippen LogP contribution in [-0.2, 0) is 6.18 Å². The number of thiophene rings is 1. The lowest BCUT2D eigenvalue weighted by Crippen LogP contribution is -2.08. The molecule has 2 aromatic rings. The largest absolute Gasteiger partial charge is 0.416 e. The van der Waals surface area contributed by atoms with Crippen molar-refractivity contribution in [2.75, 3.05) is 11.9 Å². The summed E-state index contributed by atoms with van der Waals surface area (Å²) < 4.78 is 38.3. The highest BCUT2D eigenvalue weighted by atomic mass is 32.1. The van der Waals surface area contributed by atoms with Crippen molar-refractivity contribution in [2.45, 2.75) is 13.1 Å². The predicted molar refractivity (Wildman–Crippen MR) is 66.7 cm³/mol. The number of anilines is 1. The van der Waals surface area contributed by atoms with Crippen molar-refractivity contribution in [1.82, 2.24) is 4.98 Å². The number of halogens is 3. The van der Waals surface area contributed by atoms with E-state index in [1.54, 1.807) is 11.4 Å². The molecule has 0 radical (unpaired) electrons. The Morgan fingerprint density at radius 1 is 1.33 bits per heavy atom. The number of aromatic nitrogens is 1. The molecule has 2 rings (SSSR count). The zero-order chi connectivity index (χ0) is 13.2. The molecule has 0 aliphatic heterocycles. The molecule has 0 saturated carbocycles. The van der Waals surface area contributed by atoms with Crippen LogP contribution in [0, 0.1) is 0 Å². The molecule has 0 amide bonds. The minimum Gasteiger partial charge on any atom is -0.370 e. The van der Waals surface area contributed by atoms with Gasteiger partial charge in [0.1, 0.15) is 5.82 Å². The summed E-state index contributed by atoms with van der Waals surface area (Å²) in [4.78, 5) is 4.17. The van der Waals surface area contributed by atoms with Crippen molar-refractivity contribution in [2.24, 2.45) is 0 Å². The molecule has 0 spiro atoms. The number of hydrogen-bond acceptors (Lipinski definition) is 3. The highest BCUT2D eigenvalue weighted by Crippen LogP contribution is 2.33. The van der Waals surface area contributed by atoms with E-state index in [9.17, 15) is 13.2 Å². The molecule has 2 aromatic heterocycles. The van der Waals surface area contributed by atoms with Gasteiger partial charge in [0.25, 0.3) is 0 Å². The minimum absolute atomic E-state index is 0.244. The molecule has 96 valence electrons. The van der Waals surface area contributed by atoms with Crippen LogP contribution in [0.3, 0.4) is 0 Å². The van der Waals surface area contributed by atoms with E-state index in [2.05, 4.69) is 10.3 Å². The molecule has 18 heavy (non-hydrogen) atoms. The molecule has 0 aromatic carbocycles. The number of alkyl halides is 3. The first-order valence-corrected chi connectivity index (χ1v) is 6.30. The minimum atomic E-state index is -4.36. The van der Waals surface area contributed by atoms with E-state index in [1.807, 2.05) is 12.3 Å². The van der Waals surface area contributed by atoms with Crippen LogP contribution in [0.25, 0.3) is 11.3 Å². The van der Waals surface area contributed by atoms with E-state index in [1.165, 1.54) is 11.3 Å². The number of nitrogens with zero attached hydrogens (tertiary/aromatic N) is 1. The molecule has 0 atom stereocenters. The Bertz CT molecular complexity index is 521. The van der Waals surface area contributed by atoms with Crippen LogP contribution in [0.2, 0.25) is 0 Å². The van der Waals surface area contributed by atoms with Crippen LogP contribution in [0.1, 0.15) is 12.5 Å². The molecule has 0 bridgehead atoms. The summed E-state index contributed by atoms with van der Waals surface area (Å²) in [6.07, 6.45) is -4.36. The van der Waals surface area contributed by atoms with Gasteiger partial charge in [0.2, 0.25) is 0 Å². The topological polar surface area (TPSA) is 24.9 Å². The molecule has 2 heterocycles. The summed E-state index contributed by atoms with van der Waals surface area (Å²) in [5.41, 5.74) is 0.349. The van der Waals surface area contributed by atoms with Crippen LogP contribution in [0.15, 0.2) is 29.0 Å². The fourth-order valence-electron chi connectivity index (χ4n) is 1.52. The maximum absolute atomic E-state index is 12.8. The third-order valence-corrected chi connectivity index (χ3v) is 3.01. The van der Waals surface area contributed by atoms with Gasteiger partial charge in [-0.15, -0.1) is 0 Å². The molecule has 0 fully saturated rings. The van der Waals surface area contributed by atoms with Crippen LogP contribution >= 0.6 is 11.3 Å². The van der Waals surface area contributed by atoms with Gasteiger partial charge in [-0.1, -0.05) is 0 Å². The maximum atomic E-state index is 12.8. The lowest BCUT2D eigenvalue weighted by Gasteiger charge is -2.11. The van der Waals surface area contributed by atoms with Gasteiger partial charge >= 0.3 is 6.18 Å². The summed E-state index contributed by atoms with van der Waals surface area (Å²) >= 11 is 1.43. The Hall–Kier alpha value is -1.56. The van der Waals surface area contributed by atoms with E-state index < -0.39 is 11.7 Å². The van der Waals surface area contributed by atoms with Crippen LogP contribution in [0.4, 0.5) is 19.0 Å². The molecule has 2 nitrogen and oxygen atoms in total. The van der Waals surface area contributed by atoms with Gasteiger partial charge in [-0.05, 0) is 30.5 Å². The highest BCUT2D eigenvalue weighted by molar-refractivity contribution is 7.08. The normalized spacial score (nSPS) is 11.6. The summed E-state index contributed by atoms with van der Waals surface area (Å²) in [5, 5.41) is 6.40. The molecule has 1 N–H and O–H groups in total. The quantitative estimate of drug-likeness (QED) is 0.903.